The molecule has 3 aliphatic heterocycles. The van der Waals surface area contributed by atoms with Crippen LogP contribution in [0.25, 0.3) is 10.8 Å². The highest BCUT2D eigenvalue weighted by Crippen LogP contribution is 2.46. The summed E-state index contributed by atoms with van der Waals surface area (Å²) in [6.45, 7) is 3.15. The summed E-state index contributed by atoms with van der Waals surface area (Å²) in [5.41, 5.74) is -0.607. The van der Waals surface area contributed by atoms with Crippen LogP contribution in [0.2, 0.25) is 0 Å². The Balaban J connectivity index is 1.86. The summed E-state index contributed by atoms with van der Waals surface area (Å²) in [6, 6.07) is 8.43. The first-order chi connectivity index (χ1) is 8.77. The Labute approximate surface area is 111 Å². The maximum atomic E-state index is 11.2. The predicted molar refractivity (Wildman–Crippen MR) is 74.9 cm³/mol. The number of piperidine rings is 3. The second-order valence-corrected chi connectivity index (χ2v) is 6.51. The predicted octanol–water partition coefficient (Wildman–Crippen LogP) is 2.81. The number of hydrogen-bond donors (Lipinski definition) is 1. The van der Waals surface area contributed by atoms with Gasteiger partial charge in [-0.25, -0.2) is 0 Å². The highest BCUT2D eigenvalue weighted by molar-refractivity contribution is 7.11. The third-order valence-corrected chi connectivity index (χ3v) is 5.81. The molecule has 2 aromatic rings. The zero-order valence-electron chi connectivity index (χ0n) is 10.3. The summed E-state index contributed by atoms with van der Waals surface area (Å²) in [5.74, 6) is 0.449. The minimum Gasteiger partial charge on any atom is -0.383 e. The molecular formula is C15H17NOS. The second-order valence-electron chi connectivity index (χ2n) is 5.63. The molecule has 3 aliphatic rings. The third kappa shape index (κ3) is 1.41. The lowest BCUT2D eigenvalue weighted by Gasteiger charge is -2.50. The van der Waals surface area contributed by atoms with Gasteiger partial charge in [0.15, 0.2) is 0 Å². The van der Waals surface area contributed by atoms with E-state index in [0.29, 0.717) is 5.92 Å². The molecule has 18 heavy (non-hydrogen) atoms. The van der Waals surface area contributed by atoms with Crippen LogP contribution in [0.5, 0.6) is 0 Å². The fourth-order valence-electron chi connectivity index (χ4n) is 3.62. The van der Waals surface area contributed by atoms with Gasteiger partial charge in [-0.15, -0.1) is 11.3 Å². The van der Waals surface area contributed by atoms with E-state index < -0.39 is 5.60 Å². The number of benzene rings is 1. The van der Waals surface area contributed by atoms with E-state index in [1.54, 1.807) is 11.3 Å². The molecule has 1 aromatic heterocycles. The summed E-state index contributed by atoms with van der Waals surface area (Å²) >= 11 is 1.73. The Bertz CT molecular complexity index is 585. The van der Waals surface area contributed by atoms with E-state index in [1.165, 1.54) is 15.6 Å². The Morgan fingerprint density at radius 1 is 1.22 bits per heavy atom. The molecule has 0 saturated carbocycles. The van der Waals surface area contributed by atoms with Crippen LogP contribution in [0.15, 0.2) is 29.6 Å². The molecule has 3 saturated heterocycles. The quantitative estimate of drug-likeness (QED) is 0.851. The fraction of sp³-hybridized carbons (Fsp3) is 0.467. The molecule has 2 bridgehead atoms. The Kier molecular flexibility index (Phi) is 2.31. The van der Waals surface area contributed by atoms with Gasteiger partial charge >= 0.3 is 0 Å². The van der Waals surface area contributed by atoms with Gasteiger partial charge in [-0.05, 0) is 48.0 Å². The lowest BCUT2D eigenvalue weighted by Crippen LogP contribution is -2.56. The van der Waals surface area contributed by atoms with Crippen LogP contribution in [0.4, 0.5) is 0 Å². The summed E-state index contributed by atoms with van der Waals surface area (Å²) in [4.78, 5) is 3.60. The monoisotopic (exact) mass is 259 g/mol. The number of rotatable bonds is 1. The first kappa shape index (κ1) is 11.0. The summed E-state index contributed by atoms with van der Waals surface area (Å²) < 4.78 is 0. The Morgan fingerprint density at radius 3 is 2.72 bits per heavy atom. The molecule has 1 unspecified atom stereocenters. The van der Waals surface area contributed by atoms with Crippen LogP contribution in [0.3, 0.4) is 0 Å². The van der Waals surface area contributed by atoms with Gasteiger partial charge in [0.1, 0.15) is 5.60 Å². The van der Waals surface area contributed by atoms with Crippen molar-refractivity contribution in [1.82, 2.24) is 4.90 Å². The first-order valence-electron chi connectivity index (χ1n) is 6.69. The number of nitrogens with zero attached hydrogens (tertiary/aromatic N) is 1. The normalized spacial score (nSPS) is 35.2. The van der Waals surface area contributed by atoms with E-state index in [0.717, 1.165) is 32.5 Å². The number of thiophene rings is 1. The zero-order valence-corrected chi connectivity index (χ0v) is 11.1. The molecule has 0 spiro atoms. The minimum absolute atomic E-state index is 0.449. The highest BCUT2D eigenvalue weighted by atomic mass is 32.1. The van der Waals surface area contributed by atoms with E-state index in [4.69, 9.17) is 0 Å². The van der Waals surface area contributed by atoms with Gasteiger partial charge < -0.3 is 10.0 Å². The van der Waals surface area contributed by atoms with Crippen molar-refractivity contribution in [3.63, 3.8) is 0 Å². The van der Waals surface area contributed by atoms with Gasteiger partial charge in [0.05, 0.1) is 0 Å². The largest absolute Gasteiger partial charge is 0.383 e. The fourth-order valence-corrected chi connectivity index (χ4v) is 4.82. The molecule has 0 radical (unpaired) electrons. The van der Waals surface area contributed by atoms with E-state index >= 15 is 0 Å². The first-order valence-corrected chi connectivity index (χ1v) is 7.57. The molecule has 3 heteroatoms. The molecule has 1 aromatic carbocycles. The van der Waals surface area contributed by atoms with E-state index in [-0.39, 0.29) is 0 Å². The molecule has 0 aliphatic carbocycles. The maximum Gasteiger partial charge on any atom is 0.115 e. The third-order valence-electron chi connectivity index (χ3n) is 4.63. The average Bonchev–Trinajstić information content (AvgIpc) is 2.84. The van der Waals surface area contributed by atoms with Crippen molar-refractivity contribution in [3.8, 4) is 0 Å². The summed E-state index contributed by atoms with van der Waals surface area (Å²) in [7, 11) is 0. The van der Waals surface area contributed by atoms with Crippen LogP contribution >= 0.6 is 11.3 Å². The molecule has 1 N–H and O–H groups in total. The smallest absolute Gasteiger partial charge is 0.115 e. The van der Waals surface area contributed by atoms with E-state index in [1.807, 2.05) is 0 Å². The number of aliphatic hydroxyl groups is 1. The van der Waals surface area contributed by atoms with Crippen LogP contribution in [-0.4, -0.2) is 29.6 Å². The molecule has 0 amide bonds. The standard InChI is InChI=1S/C15H17NOS/c17-15(10-16-7-5-12(15)6-8-16)14-13-4-2-1-3-11(13)9-18-14/h1-4,9,12,17H,5-8,10H2. The molecule has 94 valence electrons. The van der Waals surface area contributed by atoms with Gasteiger partial charge in [-0.2, -0.15) is 0 Å². The van der Waals surface area contributed by atoms with Gasteiger partial charge in [-0.3, -0.25) is 0 Å². The Morgan fingerprint density at radius 2 is 2.00 bits per heavy atom. The minimum atomic E-state index is -0.607. The lowest BCUT2D eigenvalue weighted by molar-refractivity contribution is -0.114. The van der Waals surface area contributed by atoms with Crippen molar-refractivity contribution in [3.05, 3.63) is 34.5 Å². The van der Waals surface area contributed by atoms with Crippen molar-refractivity contribution >= 4 is 22.1 Å². The van der Waals surface area contributed by atoms with Gasteiger partial charge in [0, 0.05) is 11.4 Å². The average molecular weight is 259 g/mol. The van der Waals surface area contributed by atoms with Crippen LogP contribution < -0.4 is 0 Å². The SMILES string of the molecule is OC1(c2scc3ccccc23)CN2CCC1CC2. The molecule has 1 atom stereocenters. The Hall–Kier alpha value is -0.900. The molecule has 3 fully saturated rings. The topological polar surface area (TPSA) is 23.5 Å². The molecule has 5 rings (SSSR count). The molecular weight excluding hydrogens is 242 g/mol. The van der Waals surface area contributed by atoms with Crippen molar-refractivity contribution in [2.75, 3.05) is 19.6 Å². The number of hydrogen-bond acceptors (Lipinski definition) is 3. The highest BCUT2D eigenvalue weighted by Gasteiger charge is 2.47. The molecule has 2 nitrogen and oxygen atoms in total. The van der Waals surface area contributed by atoms with Crippen molar-refractivity contribution in [2.24, 2.45) is 5.92 Å². The summed E-state index contributed by atoms with van der Waals surface area (Å²) in [5, 5.41) is 15.9. The van der Waals surface area contributed by atoms with Crippen LogP contribution in [0.1, 0.15) is 17.7 Å². The van der Waals surface area contributed by atoms with E-state index in [2.05, 4.69) is 34.5 Å². The van der Waals surface area contributed by atoms with Gasteiger partial charge in [0.2, 0.25) is 0 Å². The van der Waals surface area contributed by atoms with Gasteiger partial charge in [0.25, 0.3) is 0 Å². The van der Waals surface area contributed by atoms with Crippen molar-refractivity contribution in [1.29, 1.82) is 0 Å². The van der Waals surface area contributed by atoms with Crippen LogP contribution in [-0.2, 0) is 5.60 Å². The second kappa shape index (κ2) is 3.80. The summed E-state index contributed by atoms with van der Waals surface area (Å²) in [6.07, 6.45) is 2.28. The lowest BCUT2D eigenvalue weighted by atomic mass is 9.74. The maximum absolute atomic E-state index is 11.2. The molecule has 4 heterocycles. The van der Waals surface area contributed by atoms with Crippen LogP contribution in [0, 0.1) is 5.92 Å². The van der Waals surface area contributed by atoms with E-state index in [9.17, 15) is 5.11 Å². The number of fused-ring (bicyclic) bond motifs is 4. The van der Waals surface area contributed by atoms with Gasteiger partial charge in [-0.1, -0.05) is 24.3 Å². The zero-order chi connectivity index (χ0) is 12.2. The van der Waals surface area contributed by atoms with Crippen molar-refractivity contribution < 1.29 is 5.11 Å². The van der Waals surface area contributed by atoms with Crippen molar-refractivity contribution in [2.45, 2.75) is 18.4 Å².